The number of nitrogens with one attached hydrogen (secondary N) is 1. The van der Waals surface area contributed by atoms with E-state index in [-0.39, 0.29) is 28.4 Å². The molecule has 0 fully saturated rings. The molecular formula is C20H12F3N5. The van der Waals surface area contributed by atoms with Gasteiger partial charge in [0.25, 0.3) is 0 Å². The number of nitriles is 2. The summed E-state index contributed by atoms with van der Waals surface area (Å²) in [5, 5.41) is 22.6. The van der Waals surface area contributed by atoms with E-state index in [4.69, 9.17) is 5.73 Å². The van der Waals surface area contributed by atoms with Crippen molar-refractivity contribution in [2.24, 2.45) is 5.73 Å². The first-order chi connectivity index (χ1) is 13.4. The number of halogens is 3. The molecule has 0 spiro atoms. The molecule has 0 aromatic heterocycles. The van der Waals surface area contributed by atoms with Crippen LogP contribution < -0.4 is 16.0 Å². The van der Waals surface area contributed by atoms with Gasteiger partial charge in [-0.25, -0.2) is 0 Å². The maximum absolute atomic E-state index is 13.6. The standard InChI is InChI=1S/C20H12F3N5/c21-20(22,23)14-6-2-1-5-11(14)17-12(9-24)18(26)28-16-8-4-3-7-15(16)27-19(28)13(17)10-25/h1-8,17,27H,26H2/t17-/m1/s1. The molecule has 1 atom stereocenters. The molecule has 2 heterocycles. The Hall–Kier alpha value is -3.91. The summed E-state index contributed by atoms with van der Waals surface area (Å²) in [5.41, 5.74) is 6.29. The van der Waals surface area contributed by atoms with Gasteiger partial charge in [-0.2, -0.15) is 23.7 Å². The number of benzene rings is 2. The van der Waals surface area contributed by atoms with E-state index in [0.717, 1.165) is 6.07 Å². The molecule has 0 saturated heterocycles. The smallest absolute Gasteiger partial charge is 0.384 e. The Labute approximate surface area is 158 Å². The third-order valence-corrected chi connectivity index (χ3v) is 4.79. The minimum Gasteiger partial charge on any atom is -0.384 e. The van der Waals surface area contributed by atoms with E-state index < -0.39 is 17.7 Å². The quantitative estimate of drug-likeness (QED) is 0.777. The molecule has 0 amide bonds. The number of alkyl halides is 3. The molecule has 28 heavy (non-hydrogen) atoms. The molecule has 138 valence electrons. The van der Waals surface area contributed by atoms with Crippen LogP contribution in [0.1, 0.15) is 17.0 Å². The molecule has 0 radical (unpaired) electrons. The van der Waals surface area contributed by atoms with Gasteiger partial charge in [0.1, 0.15) is 11.6 Å². The lowest BCUT2D eigenvalue weighted by atomic mass is 9.81. The Kier molecular flexibility index (Phi) is 3.79. The van der Waals surface area contributed by atoms with Gasteiger partial charge in [-0.15, -0.1) is 0 Å². The zero-order chi connectivity index (χ0) is 20.1. The lowest BCUT2D eigenvalue weighted by Crippen LogP contribution is -2.35. The van der Waals surface area contributed by atoms with Crippen molar-refractivity contribution < 1.29 is 13.2 Å². The summed E-state index contributed by atoms with van der Waals surface area (Å²) in [7, 11) is 0. The van der Waals surface area contributed by atoms with Crippen molar-refractivity contribution in [2.45, 2.75) is 12.1 Å². The molecule has 2 aromatic rings. The third-order valence-electron chi connectivity index (χ3n) is 4.79. The van der Waals surface area contributed by atoms with Crippen LogP contribution in [0.5, 0.6) is 0 Å². The number of anilines is 2. The van der Waals surface area contributed by atoms with E-state index in [1.165, 1.54) is 23.1 Å². The molecule has 0 aliphatic carbocycles. The zero-order valence-electron chi connectivity index (χ0n) is 14.2. The van der Waals surface area contributed by atoms with E-state index in [0.29, 0.717) is 11.4 Å². The maximum atomic E-state index is 13.6. The summed E-state index contributed by atoms with van der Waals surface area (Å²) in [5.74, 6) is -0.959. The predicted octanol–water partition coefficient (Wildman–Crippen LogP) is 4.16. The molecule has 0 unspecified atom stereocenters. The molecule has 0 saturated carbocycles. The zero-order valence-corrected chi connectivity index (χ0v) is 14.2. The van der Waals surface area contributed by atoms with E-state index in [9.17, 15) is 23.7 Å². The van der Waals surface area contributed by atoms with Crippen LogP contribution in [0.4, 0.5) is 24.5 Å². The van der Waals surface area contributed by atoms with Gasteiger partial charge in [0.05, 0.1) is 46.1 Å². The first-order valence-corrected chi connectivity index (χ1v) is 8.24. The largest absolute Gasteiger partial charge is 0.416 e. The summed E-state index contributed by atoms with van der Waals surface area (Å²) < 4.78 is 40.8. The molecular weight excluding hydrogens is 367 g/mol. The second-order valence-electron chi connectivity index (χ2n) is 6.28. The fraction of sp³-hybridized carbons (Fsp3) is 0.100. The number of fused-ring (bicyclic) bond motifs is 3. The lowest BCUT2D eigenvalue weighted by Gasteiger charge is -2.32. The fourth-order valence-electron chi connectivity index (χ4n) is 3.62. The van der Waals surface area contributed by atoms with E-state index in [1.807, 2.05) is 12.1 Å². The number of para-hydroxylation sites is 2. The van der Waals surface area contributed by atoms with E-state index in [1.54, 1.807) is 24.3 Å². The summed E-state index contributed by atoms with van der Waals surface area (Å²) in [4.78, 5) is 1.50. The van der Waals surface area contributed by atoms with E-state index in [2.05, 4.69) is 5.32 Å². The van der Waals surface area contributed by atoms with Crippen LogP contribution in [0.15, 0.2) is 71.3 Å². The monoisotopic (exact) mass is 379 g/mol. The van der Waals surface area contributed by atoms with Gasteiger partial charge >= 0.3 is 6.18 Å². The van der Waals surface area contributed by atoms with Gasteiger partial charge in [-0.1, -0.05) is 30.3 Å². The van der Waals surface area contributed by atoms with Crippen LogP contribution in [-0.4, -0.2) is 0 Å². The summed E-state index contributed by atoms with van der Waals surface area (Å²) in [6, 6.07) is 15.9. The van der Waals surface area contributed by atoms with Crippen LogP contribution in [0, 0.1) is 22.7 Å². The summed E-state index contributed by atoms with van der Waals surface area (Å²) >= 11 is 0. The average Bonchev–Trinajstić information content (AvgIpc) is 3.07. The Morgan fingerprint density at radius 1 is 0.964 bits per heavy atom. The topological polar surface area (TPSA) is 88.9 Å². The third kappa shape index (κ3) is 2.39. The summed E-state index contributed by atoms with van der Waals surface area (Å²) in [6.07, 6.45) is -4.64. The highest BCUT2D eigenvalue weighted by Gasteiger charge is 2.43. The van der Waals surface area contributed by atoms with Crippen molar-refractivity contribution in [3.8, 4) is 12.1 Å². The minimum atomic E-state index is -4.64. The van der Waals surface area contributed by atoms with Crippen molar-refractivity contribution in [2.75, 3.05) is 10.2 Å². The van der Waals surface area contributed by atoms with Gasteiger partial charge in [0.15, 0.2) is 0 Å². The number of hydrogen-bond donors (Lipinski definition) is 2. The number of nitrogens with zero attached hydrogens (tertiary/aromatic N) is 3. The van der Waals surface area contributed by atoms with Crippen LogP contribution in [-0.2, 0) is 6.18 Å². The molecule has 0 bridgehead atoms. The number of allylic oxidation sites excluding steroid dienone is 2. The van der Waals surface area contributed by atoms with Crippen molar-refractivity contribution in [3.05, 3.63) is 82.4 Å². The van der Waals surface area contributed by atoms with Crippen LogP contribution in [0.3, 0.4) is 0 Å². The first-order valence-electron chi connectivity index (χ1n) is 8.24. The van der Waals surface area contributed by atoms with Gasteiger partial charge in [0.2, 0.25) is 0 Å². The van der Waals surface area contributed by atoms with Crippen LogP contribution >= 0.6 is 0 Å². The average molecular weight is 379 g/mol. The number of rotatable bonds is 1. The molecule has 5 nitrogen and oxygen atoms in total. The first kappa shape index (κ1) is 17.5. The predicted molar refractivity (Wildman–Crippen MR) is 96.2 cm³/mol. The Morgan fingerprint density at radius 2 is 1.61 bits per heavy atom. The highest BCUT2D eigenvalue weighted by Crippen LogP contribution is 2.49. The van der Waals surface area contributed by atoms with Gasteiger partial charge in [-0.05, 0) is 23.8 Å². The minimum absolute atomic E-state index is 0.00125. The Morgan fingerprint density at radius 3 is 2.29 bits per heavy atom. The normalized spacial score (nSPS) is 18.2. The molecule has 2 aliphatic heterocycles. The van der Waals surface area contributed by atoms with Crippen molar-refractivity contribution in [1.29, 1.82) is 10.5 Å². The SMILES string of the molecule is N#CC1=C(N)N2C(=C(C#N)[C@@H]1c1ccccc1C(F)(F)F)Nc1ccccc12. The fourth-order valence-corrected chi connectivity index (χ4v) is 3.62. The van der Waals surface area contributed by atoms with Gasteiger partial charge in [-0.3, -0.25) is 4.90 Å². The van der Waals surface area contributed by atoms with Gasteiger partial charge in [0, 0.05) is 0 Å². The number of hydrogen-bond acceptors (Lipinski definition) is 5. The van der Waals surface area contributed by atoms with Crippen LogP contribution in [0.2, 0.25) is 0 Å². The molecule has 3 N–H and O–H groups in total. The molecule has 2 aliphatic rings. The lowest BCUT2D eigenvalue weighted by molar-refractivity contribution is -0.138. The Balaban J connectivity index is 2.01. The second-order valence-corrected chi connectivity index (χ2v) is 6.28. The number of nitrogens with two attached hydrogens (primary N) is 1. The van der Waals surface area contributed by atoms with Crippen molar-refractivity contribution >= 4 is 11.4 Å². The van der Waals surface area contributed by atoms with Crippen molar-refractivity contribution in [3.63, 3.8) is 0 Å². The van der Waals surface area contributed by atoms with E-state index >= 15 is 0 Å². The molecule has 2 aromatic carbocycles. The highest BCUT2D eigenvalue weighted by molar-refractivity contribution is 5.86. The van der Waals surface area contributed by atoms with Crippen molar-refractivity contribution in [1.82, 2.24) is 0 Å². The van der Waals surface area contributed by atoms with Crippen LogP contribution in [0.25, 0.3) is 0 Å². The molecule has 4 rings (SSSR count). The summed E-state index contributed by atoms with van der Waals surface area (Å²) in [6.45, 7) is 0. The molecule has 8 heteroatoms. The maximum Gasteiger partial charge on any atom is 0.416 e. The highest BCUT2D eigenvalue weighted by atomic mass is 19.4. The Bertz CT molecular complexity index is 1130. The second kappa shape index (κ2) is 6.07. The van der Waals surface area contributed by atoms with Gasteiger partial charge < -0.3 is 11.1 Å².